The van der Waals surface area contributed by atoms with Crippen LogP contribution in [0.3, 0.4) is 0 Å². The van der Waals surface area contributed by atoms with E-state index in [4.69, 9.17) is 14.2 Å². The molecule has 0 aliphatic rings. The first-order chi connectivity index (χ1) is 11.1. The molecule has 5 heteroatoms. The molecule has 0 aliphatic carbocycles. The van der Waals surface area contributed by atoms with Crippen molar-refractivity contribution in [2.75, 3.05) is 21.3 Å². The van der Waals surface area contributed by atoms with Gasteiger partial charge in [-0.15, -0.1) is 0 Å². The number of halogens is 1. The van der Waals surface area contributed by atoms with Crippen LogP contribution in [-0.2, 0) is 4.74 Å². The highest BCUT2D eigenvalue weighted by Gasteiger charge is 2.18. The summed E-state index contributed by atoms with van der Waals surface area (Å²) >= 11 is 0. The first-order valence-corrected chi connectivity index (χ1v) is 6.87. The van der Waals surface area contributed by atoms with E-state index in [1.54, 1.807) is 36.4 Å². The molecule has 0 saturated carbocycles. The maximum atomic E-state index is 12.9. The van der Waals surface area contributed by atoms with E-state index in [1.165, 1.54) is 33.5 Å². The smallest absolute Gasteiger partial charge is 0.342 e. The molecule has 0 fully saturated rings. The molecular weight excluding hydrogens is 299 g/mol. The normalized spacial score (nSPS) is 10.6. The topological polar surface area (TPSA) is 44.8 Å². The molecule has 2 aromatic rings. The van der Waals surface area contributed by atoms with Gasteiger partial charge in [-0.1, -0.05) is 24.3 Å². The van der Waals surface area contributed by atoms with E-state index in [9.17, 15) is 9.18 Å². The summed E-state index contributed by atoms with van der Waals surface area (Å²) in [4.78, 5) is 12.0. The van der Waals surface area contributed by atoms with Crippen LogP contribution in [-0.4, -0.2) is 27.3 Å². The maximum Gasteiger partial charge on any atom is 0.342 e. The highest BCUT2D eigenvalue weighted by Crippen LogP contribution is 2.30. The number of methoxy groups -OCH3 is 3. The van der Waals surface area contributed by atoms with Gasteiger partial charge < -0.3 is 14.2 Å². The van der Waals surface area contributed by atoms with E-state index < -0.39 is 5.97 Å². The standard InChI is InChI=1S/C18H17FO4/c1-21-15-10-13(7-4-12-5-8-14(19)9-6-12)17(18(20)23-3)16(11-15)22-2/h4-11H,1-3H3. The van der Waals surface area contributed by atoms with E-state index >= 15 is 0 Å². The van der Waals surface area contributed by atoms with Crippen molar-refractivity contribution in [3.05, 3.63) is 58.9 Å². The largest absolute Gasteiger partial charge is 0.497 e. The van der Waals surface area contributed by atoms with E-state index in [0.29, 0.717) is 22.6 Å². The van der Waals surface area contributed by atoms with Crippen molar-refractivity contribution in [3.63, 3.8) is 0 Å². The van der Waals surface area contributed by atoms with Gasteiger partial charge in [0.25, 0.3) is 0 Å². The van der Waals surface area contributed by atoms with Crippen molar-refractivity contribution in [3.8, 4) is 11.5 Å². The third-order valence-corrected chi connectivity index (χ3v) is 3.28. The van der Waals surface area contributed by atoms with Gasteiger partial charge in [0.15, 0.2) is 0 Å². The summed E-state index contributed by atoms with van der Waals surface area (Å²) in [6, 6.07) is 9.33. The Bertz CT molecular complexity index is 721. The fraction of sp³-hybridized carbons (Fsp3) is 0.167. The number of benzene rings is 2. The number of hydrogen-bond acceptors (Lipinski definition) is 4. The van der Waals surface area contributed by atoms with Gasteiger partial charge in [0.05, 0.1) is 21.3 Å². The molecular formula is C18H17FO4. The summed E-state index contributed by atoms with van der Waals surface area (Å²) in [7, 11) is 4.30. The number of hydrogen-bond donors (Lipinski definition) is 0. The average molecular weight is 316 g/mol. The van der Waals surface area contributed by atoms with E-state index in [0.717, 1.165) is 5.56 Å². The number of carbonyl (C=O) groups is 1. The third kappa shape index (κ3) is 3.88. The summed E-state index contributed by atoms with van der Waals surface area (Å²) in [5.74, 6) is 0.0897. The minimum absolute atomic E-state index is 0.300. The van der Waals surface area contributed by atoms with Gasteiger partial charge in [-0.3, -0.25) is 0 Å². The number of esters is 1. The molecule has 0 aromatic heterocycles. The average Bonchev–Trinajstić information content (AvgIpc) is 2.59. The van der Waals surface area contributed by atoms with Crippen LogP contribution in [0.4, 0.5) is 4.39 Å². The second kappa shape index (κ2) is 7.45. The van der Waals surface area contributed by atoms with Crippen molar-refractivity contribution < 1.29 is 23.4 Å². The maximum absolute atomic E-state index is 12.9. The fourth-order valence-electron chi connectivity index (χ4n) is 2.10. The monoisotopic (exact) mass is 316 g/mol. The Morgan fingerprint density at radius 1 is 1.00 bits per heavy atom. The summed E-state index contributed by atoms with van der Waals surface area (Å²) < 4.78 is 28.2. The summed E-state index contributed by atoms with van der Waals surface area (Å²) in [5, 5.41) is 0. The van der Waals surface area contributed by atoms with Crippen molar-refractivity contribution >= 4 is 18.1 Å². The molecule has 2 rings (SSSR count). The summed E-state index contributed by atoms with van der Waals surface area (Å²) in [6.45, 7) is 0. The lowest BCUT2D eigenvalue weighted by molar-refractivity contribution is 0.0597. The van der Waals surface area contributed by atoms with Gasteiger partial charge in [-0.05, 0) is 29.3 Å². The fourth-order valence-corrected chi connectivity index (χ4v) is 2.10. The van der Waals surface area contributed by atoms with Crippen LogP contribution in [0.25, 0.3) is 12.2 Å². The Morgan fingerprint density at radius 2 is 1.70 bits per heavy atom. The first-order valence-electron chi connectivity index (χ1n) is 6.87. The molecule has 2 aromatic carbocycles. The molecule has 120 valence electrons. The van der Waals surface area contributed by atoms with Crippen molar-refractivity contribution in [2.24, 2.45) is 0 Å². The second-order valence-electron chi connectivity index (χ2n) is 4.67. The van der Waals surface area contributed by atoms with Crippen molar-refractivity contribution in [1.82, 2.24) is 0 Å². The Morgan fingerprint density at radius 3 is 2.26 bits per heavy atom. The van der Waals surface area contributed by atoms with E-state index in [-0.39, 0.29) is 5.82 Å². The molecule has 23 heavy (non-hydrogen) atoms. The molecule has 0 N–H and O–H groups in total. The second-order valence-corrected chi connectivity index (χ2v) is 4.67. The number of rotatable bonds is 5. The summed E-state index contributed by atoms with van der Waals surface area (Å²) in [6.07, 6.45) is 3.49. The van der Waals surface area contributed by atoms with Crippen molar-refractivity contribution in [2.45, 2.75) is 0 Å². The molecule has 0 aliphatic heterocycles. The third-order valence-electron chi connectivity index (χ3n) is 3.28. The van der Waals surface area contributed by atoms with Crippen LogP contribution < -0.4 is 9.47 Å². The van der Waals surface area contributed by atoms with Gasteiger partial charge in [-0.25, -0.2) is 9.18 Å². The SMILES string of the molecule is COC(=O)c1c(C=Cc2ccc(F)cc2)cc(OC)cc1OC. The zero-order valence-electron chi connectivity index (χ0n) is 13.1. The molecule has 0 unspecified atom stereocenters. The van der Waals surface area contributed by atoms with Gasteiger partial charge in [0.1, 0.15) is 22.9 Å². The van der Waals surface area contributed by atoms with E-state index in [2.05, 4.69) is 0 Å². The quantitative estimate of drug-likeness (QED) is 0.622. The molecule has 0 spiro atoms. The highest BCUT2D eigenvalue weighted by molar-refractivity contribution is 5.98. The Kier molecular flexibility index (Phi) is 5.36. The van der Waals surface area contributed by atoms with Crippen LogP contribution in [0.15, 0.2) is 36.4 Å². The lowest BCUT2D eigenvalue weighted by Gasteiger charge is -2.12. The van der Waals surface area contributed by atoms with Crippen LogP contribution in [0.1, 0.15) is 21.5 Å². The Labute approximate surface area is 134 Å². The van der Waals surface area contributed by atoms with Gasteiger partial charge in [-0.2, -0.15) is 0 Å². The molecule has 0 bridgehead atoms. The van der Waals surface area contributed by atoms with E-state index in [1.807, 2.05) is 0 Å². The van der Waals surface area contributed by atoms with Gasteiger partial charge in [0.2, 0.25) is 0 Å². The molecule has 4 nitrogen and oxygen atoms in total. The Balaban J connectivity index is 2.49. The number of carbonyl (C=O) groups excluding carboxylic acids is 1. The van der Waals surface area contributed by atoms with Crippen molar-refractivity contribution in [1.29, 1.82) is 0 Å². The van der Waals surface area contributed by atoms with Gasteiger partial charge >= 0.3 is 5.97 Å². The zero-order valence-corrected chi connectivity index (χ0v) is 13.1. The van der Waals surface area contributed by atoms with Crippen LogP contribution in [0.5, 0.6) is 11.5 Å². The minimum atomic E-state index is -0.511. The highest BCUT2D eigenvalue weighted by atomic mass is 19.1. The minimum Gasteiger partial charge on any atom is -0.497 e. The zero-order chi connectivity index (χ0) is 16.8. The Hall–Kier alpha value is -2.82. The van der Waals surface area contributed by atoms with Crippen LogP contribution in [0.2, 0.25) is 0 Å². The predicted molar refractivity (Wildman–Crippen MR) is 86.2 cm³/mol. The van der Waals surface area contributed by atoms with Crippen LogP contribution in [0, 0.1) is 5.82 Å². The lowest BCUT2D eigenvalue weighted by atomic mass is 10.0. The predicted octanol–water partition coefficient (Wildman–Crippen LogP) is 3.80. The lowest BCUT2D eigenvalue weighted by Crippen LogP contribution is -2.07. The molecule has 0 radical (unpaired) electrons. The number of ether oxygens (including phenoxy) is 3. The molecule has 0 heterocycles. The van der Waals surface area contributed by atoms with Crippen LogP contribution >= 0.6 is 0 Å². The summed E-state index contributed by atoms with van der Waals surface area (Å²) in [5.41, 5.74) is 1.68. The first kappa shape index (κ1) is 16.5. The molecule has 0 atom stereocenters. The molecule has 0 amide bonds. The van der Waals surface area contributed by atoms with Gasteiger partial charge in [0, 0.05) is 6.07 Å². The molecule has 0 saturated heterocycles.